The van der Waals surface area contributed by atoms with Crippen LogP contribution in [0.2, 0.25) is 0 Å². The summed E-state index contributed by atoms with van der Waals surface area (Å²) in [6.45, 7) is 6.46. The number of unbranched alkanes of at least 4 members (excludes halogenated alkanes) is 3. The second-order valence-electron chi connectivity index (χ2n) is 5.42. The molecule has 1 aromatic rings. The van der Waals surface area contributed by atoms with Crippen LogP contribution in [0.1, 0.15) is 69.4 Å². The number of aliphatic hydroxyl groups excluding tert-OH is 1. The van der Waals surface area contributed by atoms with Gasteiger partial charge in [-0.1, -0.05) is 44.7 Å². The molecule has 0 saturated carbocycles. The number of hydrogen-bond acceptors (Lipinski definition) is 2. The Balaban J connectivity index is 2.69. The SMILES string of the molecule is CCCCCCC(C[CH]OCC)c1ccc(CO)cc1F. The van der Waals surface area contributed by atoms with Gasteiger partial charge in [0.05, 0.1) is 13.2 Å². The van der Waals surface area contributed by atoms with E-state index in [4.69, 9.17) is 9.84 Å². The van der Waals surface area contributed by atoms with Crippen LogP contribution in [-0.4, -0.2) is 11.7 Å². The zero-order chi connectivity index (χ0) is 15.5. The van der Waals surface area contributed by atoms with Gasteiger partial charge in [-0.3, -0.25) is 0 Å². The first-order valence-electron chi connectivity index (χ1n) is 8.05. The molecule has 0 amide bonds. The van der Waals surface area contributed by atoms with Crippen molar-refractivity contribution in [3.05, 3.63) is 41.8 Å². The molecular weight excluding hydrogens is 267 g/mol. The molecule has 1 rings (SSSR count). The molecule has 1 atom stereocenters. The Hall–Kier alpha value is -0.930. The molecule has 119 valence electrons. The van der Waals surface area contributed by atoms with Gasteiger partial charge < -0.3 is 9.84 Å². The van der Waals surface area contributed by atoms with E-state index in [0.29, 0.717) is 12.2 Å². The lowest BCUT2D eigenvalue weighted by Crippen LogP contribution is -2.05. The van der Waals surface area contributed by atoms with Crippen molar-refractivity contribution >= 4 is 0 Å². The van der Waals surface area contributed by atoms with Gasteiger partial charge in [-0.15, -0.1) is 0 Å². The molecule has 0 aliphatic carbocycles. The first-order valence-corrected chi connectivity index (χ1v) is 8.05. The van der Waals surface area contributed by atoms with E-state index in [1.807, 2.05) is 13.0 Å². The van der Waals surface area contributed by atoms with Crippen LogP contribution in [0.4, 0.5) is 4.39 Å². The number of rotatable bonds is 11. The Labute approximate surface area is 128 Å². The molecule has 0 aliphatic heterocycles. The maximum atomic E-state index is 14.2. The minimum atomic E-state index is -0.216. The van der Waals surface area contributed by atoms with E-state index in [-0.39, 0.29) is 18.3 Å². The Morgan fingerprint density at radius 2 is 2.05 bits per heavy atom. The summed E-state index contributed by atoms with van der Waals surface area (Å²) >= 11 is 0. The van der Waals surface area contributed by atoms with Gasteiger partial charge in [-0.2, -0.15) is 0 Å². The van der Waals surface area contributed by atoms with Crippen molar-refractivity contribution in [2.75, 3.05) is 6.61 Å². The van der Waals surface area contributed by atoms with Crippen molar-refractivity contribution < 1.29 is 14.2 Å². The summed E-state index contributed by atoms with van der Waals surface area (Å²) in [5, 5.41) is 9.07. The summed E-state index contributed by atoms with van der Waals surface area (Å²) < 4.78 is 19.5. The third-order valence-electron chi connectivity index (χ3n) is 3.76. The van der Waals surface area contributed by atoms with E-state index in [1.165, 1.54) is 25.3 Å². The van der Waals surface area contributed by atoms with Gasteiger partial charge in [0, 0.05) is 6.61 Å². The Morgan fingerprint density at radius 1 is 1.24 bits per heavy atom. The summed E-state index contributed by atoms with van der Waals surface area (Å²) in [7, 11) is 0. The summed E-state index contributed by atoms with van der Waals surface area (Å²) in [6.07, 6.45) is 6.44. The maximum Gasteiger partial charge on any atom is 0.127 e. The third kappa shape index (κ3) is 6.58. The van der Waals surface area contributed by atoms with Crippen molar-refractivity contribution in [1.82, 2.24) is 0 Å². The van der Waals surface area contributed by atoms with Crippen LogP contribution in [0.15, 0.2) is 18.2 Å². The molecule has 1 aromatic carbocycles. The van der Waals surface area contributed by atoms with E-state index >= 15 is 0 Å². The third-order valence-corrected chi connectivity index (χ3v) is 3.76. The molecule has 0 saturated heterocycles. The average molecular weight is 295 g/mol. The van der Waals surface area contributed by atoms with Crippen LogP contribution >= 0.6 is 0 Å². The number of aliphatic hydroxyl groups is 1. The van der Waals surface area contributed by atoms with E-state index in [2.05, 4.69) is 6.92 Å². The van der Waals surface area contributed by atoms with Gasteiger partial charge in [-0.25, -0.2) is 4.39 Å². The van der Waals surface area contributed by atoms with Crippen LogP contribution in [0.3, 0.4) is 0 Å². The predicted molar refractivity (Wildman–Crippen MR) is 84.4 cm³/mol. The molecule has 0 aliphatic rings. The molecule has 2 nitrogen and oxygen atoms in total. The monoisotopic (exact) mass is 295 g/mol. The highest BCUT2D eigenvalue weighted by molar-refractivity contribution is 5.27. The zero-order valence-corrected chi connectivity index (χ0v) is 13.3. The molecule has 1 unspecified atom stereocenters. The van der Waals surface area contributed by atoms with Crippen LogP contribution < -0.4 is 0 Å². The van der Waals surface area contributed by atoms with Crippen LogP contribution in [-0.2, 0) is 11.3 Å². The lowest BCUT2D eigenvalue weighted by atomic mass is 9.89. The lowest BCUT2D eigenvalue weighted by molar-refractivity contribution is 0.200. The minimum absolute atomic E-state index is 0.122. The fraction of sp³-hybridized carbons (Fsp3) is 0.611. The maximum absolute atomic E-state index is 14.2. The van der Waals surface area contributed by atoms with Crippen LogP contribution in [0.5, 0.6) is 0 Å². The summed E-state index contributed by atoms with van der Waals surface area (Å²) in [5.74, 6) is -0.0620. The lowest BCUT2D eigenvalue weighted by Gasteiger charge is -2.18. The van der Waals surface area contributed by atoms with E-state index in [0.717, 1.165) is 24.8 Å². The van der Waals surface area contributed by atoms with Gasteiger partial charge in [0.15, 0.2) is 0 Å². The molecular formula is C18H28FO2. The highest BCUT2D eigenvalue weighted by atomic mass is 19.1. The Bertz CT molecular complexity index is 393. The molecule has 0 fully saturated rings. The van der Waals surface area contributed by atoms with Gasteiger partial charge in [-0.05, 0) is 42.9 Å². The molecule has 0 aromatic heterocycles. The molecule has 1 radical (unpaired) electrons. The van der Waals surface area contributed by atoms with Crippen molar-refractivity contribution in [1.29, 1.82) is 0 Å². The zero-order valence-electron chi connectivity index (χ0n) is 13.3. The van der Waals surface area contributed by atoms with Crippen molar-refractivity contribution in [3.8, 4) is 0 Å². The fourth-order valence-corrected chi connectivity index (χ4v) is 2.52. The van der Waals surface area contributed by atoms with Gasteiger partial charge in [0.1, 0.15) is 5.82 Å². The first-order chi connectivity index (χ1) is 10.2. The molecule has 3 heteroatoms. The number of ether oxygens (including phenoxy) is 1. The number of halogens is 1. The molecule has 1 N–H and O–H groups in total. The summed E-state index contributed by atoms with van der Waals surface area (Å²) in [6, 6.07) is 5.05. The second kappa shape index (κ2) is 10.7. The standard InChI is InChI=1S/C18H28FO2/c1-3-5-6-7-8-16(11-12-21-4-2)17-10-9-15(14-20)13-18(17)19/h9-10,12-13,16,20H,3-8,11,14H2,1-2H3. The molecule has 21 heavy (non-hydrogen) atoms. The normalized spacial score (nSPS) is 12.6. The highest BCUT2D eigenvalue weighted by Crippen LogP contribution is 2.30. The smallest absolute Gasteiger partial charge is 0.127 e. The highest BCUT2D eigenvalue weighted by Gasteiger charge is 2.16. The van der Waals surface area contributed by atoms with E-state index < -0.39 is 0 Å². The van der Waals surface area contributed by atoms with Crippen molar-refractivity contribution in [3.63, 3.8) is 0 Å². The molecule has 0 spiro atoms. The second-order valence-corrected chi connectivity index (χ2v) is 5.42. The van der Waals surface area contributed by atoms with Crippen molar-refractivity contribution in [2.24, 2.45) is 0 Å². The first kappa shape index (κ1) is 18.1. The molecule has 0 heterocycles. The number of benzene rings is 1. The minimum Gasteiger partial charge on any atom is -0.392 e. The largest absolute Gasteiger partial charge is 0.392 e. The average Bonchev–Trinajstić information content (AvgIpc) is 2.50. The summed E-state index contributed by atoms with van der Waals surface area (Å²) in [5.41, 5.74) is 1.36. The van der Waals surface area contributed by atoms with Gasteiger partial charge >= 0.3 is 0 Å². The predicted octanol–water partition coefficient (Wildman–Crippen LogP) is 4.96. The Kier molecular flexibility index (Phi) is 9.27. The Morgan fingerprint density at radius 3 is 2.67 bits per heavy atom. The summed E-state index contributed by atoms with van der Waals surface area (Å²) in [4.78, 5) is 0. The molecule has 0 bridgehead atoms. The van der Waals surface area contributed by atoms with Crippen LogP contribution in [0, 0.1) is 12.4 Å². The van der Waals surface area contributed by atoms with Crippen LogP contribution in [0.25, 0.3) is 0 Å². The fourth-order valence-electron chi connectivity index (χ4n) is 2.52. The van der Waals surface area contributed by atoms with E-state index in [9.17, 15) is 4.39 Å². The van der Waals surface area contributed by atoms with Crippen molar-refractivity contribution in [2.45, 2.75) is 64.9 Å². The van der Waals surface area contributed by atoms with Gasteiger partial charge in [0.25, 0.3) is 0 Å². The van der Waals surface area contributed by atoms with Gasteiger partial charge in [0.2, 0.25) is 0 Å². The quantitative estimate of drug-likeness (QED) is 0.585. The topological polar surface area (TPSA) is 29.5 Å². The number of hydrogen-bond donors (Lipinski definition) is 1. The van der Waals surface area contributed by atoms with E-state index in [1.54, 1.807) is 12.7 Å².